The van der Waals surface area contributed by atoms with Gasteiger partial charge in [0.05, 0.1) is 0 Å². The van der Waals surface area contributed by atoms with Crippen molar-refractivity contribution in [2.24, 2.45) is 0 Å². The van der Waals surface area contributed by atoms with Crippen LogP contribution in [0.2, 0.25) is 0 Å². The van der Waals surface area contributed by atoms with Gasteiger partial charge in [-0.3, -0.25) is 4.79 Å². The van der Waals surface area contributed by atoms with Crippen molar-refractivity contribution in [3.8, 4) is 0 Å². The molecule has 0 aromatic heterocycles. The highest BCUT2D eigenvalue weighted by Gasteiger charge is 2.47. The number of carbonyl (C=O) groups is 1. The minimum Gasteiger partial charge on any atom is -0.337 e. The summed E-state index contributed by atoms with van der Waals surface area (Å²) in [5, 5.41) is 0. The highest BCUT2D eigenvalue weighted by Crippen LogP contribution is 2.28. The average molecular weight is 239 g/mol. The van der Waals surface area contributed by atoms with Gasteiger partial charge in [-0.15, -0.1) is 0 Å². The molecule has 0 unspecified atom stereocenters. The number of carbonyl (C=O) groups excluding carboxylic acids is 1. The van der Waals surface area contributed by atoms with Crippen molar-refractivity contribution in [2.75, 3.05) is 13.1 Å². The van der Waals surface area contributed by atoms with Crippen LogP contribution in [0.25, 0.3) is 0 Å². The van der Waals surface area contributed by atoms with Crippen LogP contribution in [0.5, 0.6) is 0 Å². The molecule has 92 valence electrons. The maximum atomic E-state index is 13.0. The second kappa shape index (κ2) is 4.43. The molecule has 0 bridgehead atoms. The molecule has 2 nitrogen and oxygen atoms in total. The summed E-state index contributed by atoms with van der Waals surface area (Å²) in [7, 11) is 0. The van der Waals surface area contributed by atoms with E-state index in [0.29, 0.717) is 13.0 Å². The van der Waals surface area contributed by atoms with Crippen LogP contribution in [0.15, 0.2) is 24.3 Å². The summed E-state index contributed by atoms with van der Waals surface area (Å²) in [6, 6.07) is 7.90. The molecule has 0 saturated carbocycles. The molecule has 1 fully saturated rings. The smallest absolute Gasteiger partial charge is 0.326 e. The lowest BCUT2D eigenvalue weighted by atomic mass is 10.1. The van der Waals surface area contributed by atoms with E-state index < -0.39 is 11.8 Å². The Hall–Kier alpha value is -1.45. The largest absolute Gasteiger partial charge is 0.337 e. The maximum Gasteiger partial charge on any atom is 0.326 e. The zero-order valence-electron chi connectivity index (χ0n) is 9.75. The zero-order chi connectivity index (χ0) is 12.5. The van der Waals surface area contributed by atoms with Crippen molar-refractivity contribution >= 4 is 5.91 Å². The molecule has 1 heterocycles. The van der Waals surface area contributed by atoms with E-state index >= 15 is 0 Å². The summed E-state index contributed by atoms with van der Waals surface area (Å²) in [6.07, 6.45) is 0.280. The lowest BCUT2D eigenvalue weighted by molar-refractivity contribution is -0.147. The van der Waals surface area contributed by atoms with Crippen LogP contribution < -0.4 is 0 Å². The predicted molar refractivity (Wildman–Crippen MR) is 61.0 cm³/mol. The molecular weight excluding hydrogens is 224 g/mol. The molecule has 1 saturated heterocycles. The van der Waals surface area contributed by atoms with Gasteiger partial charge < -0.3 is 4.90 Å². The molecule has 0 aliphatic carbocycles. The average Bonchev–Trinajstić information content (AvgIpc) is 2.55. The summed E-state index contributed by atoms with van der Waals surface area (Å²) >= 11 is 0. The molecule has 0 N–H and O–H groups in total. The van der Waals surface area contributed by atoms with Crippen LogP contribution in [0, 0.1) is 6.92 Å². The van der Waals surface area contributed by atoms with Crippen LogP contribution in [0.4, 0.5) is 8.78 Å². The summed E-state index contributed by atoms with van der Waals surface area (Å²) in [5.41, 5.74) is 2.23. The third kappa shape index (κ3) is 2.62. The van der Waals surface area contributed by atoms with Gasteiger partial charge in [-0.1, -0.05) is 29.8 Å². The van der Waals surface area contributed by atoms with Crippen molar-refractivity contribution in [2.45, 2.75) is 25.7 Å². The number of halogens is 2. The van der Waals surface area contributed by atoms with Gasteiger partial charge in [0.25, 0.3) is 5.91 Å². The quantitative estimate of drug-likeness (QED) is 0.793. The van der Waals surface area contributed by atoms with Crippen LogP contribution in [-0.4, -0.2) is 29.8 Å². The Bertz CT molecular complexity index is 414. The maximum absolute atomic E-state index is 13.0. The van der Waals surface area contributed by atoms with Gasteiger partial charge in [-0.2, -0.15) is 8.78 Å². The monoisotopic (exact) mass is 239 g/mol. The Balaban J connectivity index is 1.91. The van der Waals surface area contributed by atoms with Crippen molar-refractivity contribution in [3.63, 3.8) is 0 Å². The molecule has 1 aliphatic heterocycles. The second-order valence-corrected chi connectivity index (χ2v) is 4.48. The van der Waals surface area contributed by atoms with E-state index in [1.807, 2.05) is 31.2 Å². The minimum atomic E-state index is -3.15. The van der Waals surface area contributed by atoms with Gasteiger partial charge in [0.1, 0.15) is 0 Å². The Labute approximate surface area is 99.2 Å². The molecular formula is C13H15F2NO. The van der Waals surface area contributed by atoms with E-state index in [4.69, 9.17) is 0 Å². The van der Waals surface area contributed by atoms with Gasteiger partial charge in [0.15, 0.2) is 0 Å². The molecule has 1 aromatic rings. The molecule has 17 heavy (non-hydrogen) atoms. The summed E-state index contributed by atoms with van der Waals surface area (Å²) < 4.78 is 26.0. The zero-order valence-corrected chi connectivity index (χ0v) is 9.75. The SMILES string of the molecule is Cc1ccc(CCN2CCC(F)(F)C2=O)cc1. The van der Waals surface area contributed by atoms with Gasteiger partial charge in [0.2, 0.25) is 0 Å². The van der Waals surface area contributed by atoms with Crippen LogP contribution in [0.1, 0.15) is 17.5 Å². The van der Waals surface area contributed by atoms with E-state index in [2.05, 4.69) is 0 Å². The normalized spacial score (nSPS) is 18.8. The fourth-order valence-electron chi connectivity index (χ4n) is 1.95. The van der Waals surface area contributed by atoms with Crippen molar-refractivity contribution in [3.05, 3.63) is 35.4 Å². The van der Waals surface area contributed by atoms with E-state index in [9.17, 15) is 13.6 Å². The molecule has 4 heteroatoms. The molecule has 1 amide bonds. The first kappa shape index (κ1) is 12.0. The number of rotatable bonds is 3. The standard InChI is InChI=1S/C13H15F2NO/c1-10-2-4-11(5-3-10)6-8-16-9-7-13(14,15)12(16)17/h2-5H,6-9H2,1H3. The van der Waals surface area contributed by atoms with Gasteiger partial charge >= 0.3 is 5.92 Å². The Morgan fingerprint density at radius 1 is 1.29 bits per heavy atom. The summed E-state index contributed by atoms with van der Waals surface area (Å²) in [6.45, 7) is 2.53. The van der Waals surface area contributed by atoms with Gasteiger partial charge in [-0.05, 0) is 18.9 Å². The van der Waals surface area contributed by atoms with Crippen molar-refractivity contribution in [1.29, 1.82) is 0 Å². The highest BCUT2D eigenvalue weighted by molar-refractivity contribution is 5.85. The predicted octanol–water partition coefficient (Wildman–Crippen LogP) is 2.41. The lowest BCUT2D eigenvalue weighted by Crippen LogP contribution is -2.34. The van der Waals surface area contributed by atoms with E-state index in [-0.39, 0.29) is 13.0 Å². The Kier molecular flexibility index (Phi) is 3.13. The lowest BCUT2D eigenvalue weighted by Gasteiger charge is -2.15. The first-order chi connectivity index (χ1) is 7.99. The van der Waals surface area contributed by atoms with Crippen LogP contribution in [-0.2, 0) is 11.2 Å². The van der Waals surface area contributed by atoms with Crippen LogP contribution >= 0.6 is 0 Å². The van der Waals surface area contributed by atoms with E-state index in [1.165, 1.54) is 4.90 Å². The number of nitrogens with zero attached hydrogens (tertiary/aromatic N) is 1. The fourth-order valence-corrected chi connectivity index (χ4v) is 1.95. The molecule has 0 spiro atoms. The molecule has 2 rings (SSSR count). The Morgan fingerprint density at radius 3 is 2.47 bits per heavy atom. The number of aryl methyl sites for hydroxylation is 1. The molecule has 1 aromatic carbocycles. The third-order valence-electron chi connectivity index (χ3n) is 3.09. The number of benzene rings is 1. The number of alkyl halides is 2. The number of likely N-dealkylation sites (tertiary alicyclic amines) is 1. The number of amides is 1. The molecule has 0 radical (unpaired) electrons. The summed E-state index contributed by atoms with van der Waals surface area (Å²) in [4.78, 5) is 12.5. The minimum absolute atomic E-state index is 0.164. The second-order valence-electron chi connectivity index (χ2n) is 4.48. The van der Waals surface area contributed by atoms with Gasteiger partial charge in [0, 0.05) is 19.5 Å². The first-order valence-electron chi connectivity index (χ1n) is 5.72. The van der Waals surface area contributed by atoms with Crippen LogP contribution in [0.3, 0.4) is 0 Å². The summed E-state index contributed by atoms with van der Waals surface area (Å²) in [5.74, 6) is -4.17. The van der Waals surface area contributed by atoms with E-state index in [0.717, 1.165) is 11.1 Å². The fraction of sp³-hybridized carbons (Fsp3) is 0.462. The number of hydrogen-bond donors (Lipinski definition) is 0. The topological polar surface area (TPSA) is 20.3 Å². The van der Waals surface area contributed by atoms with Crippen molar-refractivity contribution < 1.29 is 13.6 Å². The van der Waals surface area contributed by atoms with Gasteiger partial charge in [-0.25, -0.2) is 0 Å². The third-order valence-corrected chi connectivity index (χ3v) is 3.09. The molecule has 0 atom stereocenters. The van der Waals surface area contributed by atoms with Crippen molar-refractivity contribution in [1.82, 2.24) is 4.90 Å². The number of hydrogen-bond acceptors (Lipinski definition) is 1. The van der Waals surface area contributed by atoms with E-state index in [1.54, 1.807) is 0 Å². The first-order valence-corrected chi connectivity index (χ1v) is 5.72. The molecule has 1 aliphatic rings. The Morgan fingerprint density at radius 2 is 1.94 bits per heavy atom. The highest BCUT2D eigenvalue weighted by atomic mass is 19.3.